The SMILES string of the molecule is CC(C)C[C@H](NC(=O)[C@H](CCC(N)=O)NC(=O)[C@H](CC(=O)O)NC(=O)[C@H](Cc1c[nH]c2ccccc12)NC(=O)[C@@H]1CCCN1C(=O)[C@@H](NC(=O)[C@@H](NC(=O)[C@H](CC(N)=O)NC(=O)[C@@H](NC(=O)[C@H](Cc1ccccc1)NC(=O)[C@H](CS)NC(=O)[C@@H](N)CC(C)C)C(C)C)[C@@H](C)O)C(C)C)C(=O)N[C@@H](Cc1ccccc1)C(=O)N[C@@H](CCCNC(=N)N)C(=O)O. The van der Waals surface area contributed by atoms with Gasteiger partial charge in [0, 0.05) is 61.6 Å². The summed E-state index contributed by atoms with van der Waals surface area (Å²) in [6.07, 6.45) is -3.69. The van der Waals surface area contributed by atoms with Gasteiger partial charge in [-0.25, -0.2) is 4.79 Å². The third-order valence-corrected chi connectivity index (χ3v) is 20.5. The molecule has 0 spiro atoms. The Morgan fingerprint density at radius 3 is 1.46 bits per heavy atom. The van der Waals surface area contributed by atoms with Gasteiger partial charge in [-0.2, -0.15) is 12.6 Å². The molecule has 4 aromatic rings. The summed E-state index contributed by atoms with van der Waals surface area (Å²) in [4.78, 5) is 241. The molecule has 3 aromatic carbocycles. The minimum atomic E-state index is -2.07. The number of hydrogen-bond acceptors (Lipinski definition) is 21. The van der Waals surface area contributed by atoms with Crippen molar-refractivity contribution in [2.45, 2.75) is 236 Å². The molecule has 123 heavy (non-hydrogen) atoms. The van der Waals surface area contributed by atoms with Gasteiger partial charge < -0.3 is 117 Å². The number of nitrogens with zero attached hydrogens (tertiary/aromatic N) is 1. The zero-order valence-electron chi connectivity index (χ0n) is 70.4. The van der Waals surface area contributed by atoms with Gasteiger partial charge >= 0.3 is 11.9 Å². The van der Waals surface area contributed by atoms with Crippen molar-refractivity contribution >= 4 is 130 Å². The average molecular weight is 1740 g/mol. The Morgan fingerprint density at radius 2 is 0.935 bits per heavy atom. The quantitative estimate of drug-likeness (QED) is 0.00907. The van der Waals surface area contributed by atoms with E-state index in [0.717, 1.165) is 11.8 Å². The first-order valence-corrected chi connectivity index (χ1v) is 41.3. The van der Waals surface area contributed by atoms with E-state index in [0.29, 0.717) is 34.0 Å². The van der Waals surface area contributed by atoms with Crippen molar-refractivity contribution in [3.05, 3.63) is 108 Å². The molecular weight excluding hydrogens is 1620 g/mol. The van der Waals surface area contributed by atoms with Gasteiger partial charge in [-0.15, -0.1) is 0 Å². The average Bonchev–Trinajstić information content (AvgIpc) is 1.69. The second-order valence-corrected chi connectivity index (χ2v) is 32.4. The number of thiol groups is 1. The van der Waals surface area contributed by atoms with Gasteiger partial charge in [-0.05, 0) is 98.3 Å². The van der Waals surface area contributed by atoms with Gasteiger partial charge in [0.25, 0.3) is 0 Å². The maximum Gasteiger partial charge on any atom is 0.326 e. The largest absolute Gasteiger partial charge is 0.481 e. The number of nitrogens with two attached hydrogens (primary N) is 4. The lowest BCUT2D eigenvalue weighted by atomic mass is 9.99. The Labute approximate surface area is 717 Å². The number of primary amides is 2. The van der Waals surface area contributed by atoms with Gasteiger partial charge in [0.2, 0.25) is 88.6 Å². The fourth-order valence-electron chi connectivity index (χ4n) is 13.6. The molecule has 1 saturated heterocycles. The first-order chi connectivity index (χ1) is 58.0. The number of guanidine groups is 1. The molecule has 0 bridgehead atoms. The number of carbonyl (C=O) groups is 17. The molecule has 1 aromatic heterocycles. The van der Waals surface area contributed by atoms with Crippen LogP contribution in [0.4, 0.5) is 0 Å². The predicted octanol–water partition coefficient (Wildman–Crippen LogP) is -2.99. The molecule has 2 heterocycles. The molecule has 1 aliphatic heterocycles. The highest BCUT2D eigenvalue weighted by atomic mass is 32.1. The molecule has 5 rings (SSSR count). The normalized spacial score (nSPS) is 16.0. The van der Waals surface area contributed by atoms with Crippen LogP contribution in [0.15, 0.2) is 91.1 Å². The Hall–Kier alpha value is -12.3. The lowest BCUT2D eigenvalue weighted by molar-refractivity contribution is -0.144. The molecule has 0 aliphatic carbocycles. The number of para-hydroxylation sites is 1. The van der Waals surface area contributed by atoms with Crippen LogP contribution in [0.25, 0.3) is 10.9 Å². The van der Waals surface area contributed by atoms with Crippen LogP contribution in [-0.4, -0.2) is 241 Å². The third-order valence-electron chi connectivity index (χ3n) is 20.1. The number of rotatable bonds is 51. The molecule has 15 amide bonds. The zero-order chi connectivity index (χ0) is 91.6. The van der Waals surface area contributed by atoms with Gasteiger partial charge in [0.15, 0.2) is 5.96 Å². The summed E-state index contributed by atoms with van der Waals surface area (Å²) in [7, 11) is 0. The Kier molecular flexibility index (Phi) is 40.8. The van der Waals surface area contributed by atoms with E-state index in [1.54, 1.807) is 113 Å². The minimum Gasteiger partial charge on any atom is -0.481 e. The number of amides is 15. The van der Waals surface area contributed by atoms with Crippen LogP contribution >= 0.6 is 12.6 Å². The molecule has 0 saturated carbocycles. The molecule has 674 valence electrons. The van der Waals surface area contributed by atoms with Gasteiger partial charge in [-0.3, -0.25) is 82.1 Å². The van der Waals surface area contributed by atoms with Crippen LogP contribution in [0, 0.1) is 29.1 Å². The molecule has 0 unspecified atom stereocenters. The highest BCUT2D eigenvalue weighted by Gasteiger charge is 2.44. The number of benzene rings is 3. The maximum atomic E-state index is 15.0. The summed E-state index contributed by atoms with van der Waals surface area (Å²) < 4.78 is 0. The standard InChI is InChI=1S/C82H120N20O20S/c1-41(2)32-50(83)68(108)98-60(40-123)76(116)94-56(35-47-22-14-11-15-23-47)74(114)99-65(43(5)6)78(118)97-58(37-63(85)105)75(115)101-67(45(9)103)79(119)100-66(44(7)8)80(120)102-31-19-27-61(102)77(117)96-57(36-48-39-89-51-25-17-16-24-49(48)51)72(112)95-59(38-64(106)107)73(113)90-52(28-29-62(84)104)69(109)92-54(33-42(3)4)70(110)93-55(34-46-20-12-10-13-21-46)71(111)91-53(81(121)122)26-18-30-88-82(86)87/h10-17,20-25,39,41-45,50,52-61,65-67,89,103,123H,18-19,26-38,40,83H2,1-9H3,(H2,84,104)(H2,85,105)(H,90,113)(H,91,111)(H,92,109)(H,93,110)(H,94,116)(H,95,112)(H,96,117)(H,97,118)(H,98,108)(H,99,114)(H,100,119)(H,101,115)(H,106,107)(H,121,122)(H4,86,87,88)/t45-,50+,52+,53+,54+,55+,56+,57+,58+,59+,60+,61+,65+,66+,67+/m1/s1. The van der Waals surface area contributed by atoms with Crippen LogP contribution in [0.3, 0.4) is 0 Å². The topological polar surface area (TPSA) is 654 Å². The highest BCUT2D eigenvalue weighted by molar-refractivity contribution is 7.80. The molecular formula is C82H120N20O20S. The number of carboxylic acids is 2. The van der Waals surface area contributed by atoms with Crippen molar-refractivity contribution in [1.29, 1.82) is 5.41 Å². The third kappa shape index (κ3) is 33.2. The number of aromatic amines is 1. The van der Waals surface area contributed by atoms with E-state index in [2.05, 4.69) is 86.7 Å². The smallest absolute Gasteiger partial charge is 0.326 e. The molecule has 15 atom stereocenters. The van der Waals surface area contributed by atoms with Crippen LogP contribution in [0.5, 0.6) is 0 Å². The number of nitrogens with one attached hydrogen (secondary N) is 15. The molecule has 40 nitrogen and oxygen atoms in total. The van der Waals surface area contributed by atoms with E-state index in [9.17, 15) is 96.8 Å². The number of aliphatic hydroxyl groups excluding tert-OH is 1. The minimum absolute atomic E-state index is 0.0337. The van der Waals surface area contributed by atoms with Crippen molar-refractivity contribution in [3.63, 3.8) is 0 Å². The molecule has 1 aliphatic rings. The van der Waals surface area contributed by atoms with E-state index in [-0.39, 0.29) is 88.0 Å². The monoisotopic (exact) mass is 1740 g/mol. The second-order valence-electron chi connectivity index (χ2n) is 32.0. The van der Waals surface area contributed by atoms with Gasteiger partial charge in [0.05, 0.1) is 25.0 Å². The Bertz CT molecular complexity index is 4360. The van der Waals surface area contributed by atoms with Crippen LogP contribution < -0.4 is 92.1 Å². The molecule has 26 N–H and O–H groups in total. The highest BCUT2D eigenvalue weighted by Crippen LogP contribution is 2.24. The summed E-state index contributed by atoms with van der Waals surface area (Å²) in [5.41, 5.74) is 24.7. The van der Waals surface area contributed by atoms with Gasteiger partial charge in [0.1, 0.15) is 78.5 Å². The number of hydrogen-bond donors (Lipinski definition) is 23. The fourth-order valence-corrected chi connectivity index (χ4v) is 13.9. The van der Waals surface area contributed by atoms with Gasteiger partial charge in [-0.1, -0.05) is 134 Å². The van der Waals surface area contributed by atoms with Crippen LogP contribution in [-0.2, 0) is 101 Å². The first kappa shape index (κ1) is 101. The molecule has 0 radical (unpaired) electrons. The number of aromatic nitrogens is 1. The number of fused-ring (bicyclic) bond motifs is 1. The number of aliphatic hydroxyl groups is 1. The van der Waals surface area contributed by atoms with E-state index < -0.39 is 229 Å². The van der Waals surface area contributed by atoms with E-state index in [4.69, 9.17) is 28.3 Å². The summed E-state index contributed by atoms with van der Waals surface area (Å²) in [5.74, 6) is -20.6. The fraction of sp³-hybridized carbons (Fsp3) is 0.537. The Balaban J connectivity index is 1.37. The van der Waals surface area contributed by atoms with Crippen LogP contribution in [0.2, 0.25) is 0 Å². The van der Waals surface area contributed by atoms with Crippen molar-refractivity contribution < 1.29 is 96.8 Å². The summed E-state index contributed by atoms with van der Waals surface area (Å²) in [5, 5.41) is 72.1. The van der Waals surface area contributed by atoms with E-state index in [1.807, 2.05) is 13.8 Å². The lowest BCUT2D eigenvalue weighted by Gasteiger charge is -2.33. The van der Waals surface area contributed by atoms with Crippen molar-refractivity contribution in [1.82, 2.24) is 79.0 Å². The Morgan fingerprint density at radius 1 is 0.488 bits per heavy atom. The number of H-pyrrole nitrogens is 1. The number of aliphatic carboxylic acids is 2. The van der Waals surface area contributed by atoms with Crippen molar-refractivity contribution in [3.8, 4) is 0 Å². The summed E-state index contributed by atoms with van der Waals surface area (Å²) in [6, 6.07) is 1.80. The van der Waals surface area contributed by atoms with Crippen molar-refractivity contribution in [2.75, 3.05) is 18.8 Å². The summed E-state index contributed by atoms with van der Waals surface area (Å²) >= 11 is 4.25. The first-order valence-electron chi connectivity index (χ1n) is 40.7. The van der Waals surface area contributed by atoms with Crippen molar-refractivity contribution in [2.24, 2.45) is 46.6 Å². The predicted molar refractivity (Wildman–Crippen MR) is 454 cm³/mol. The van der Waals surface area contributed by atoms with Crippen LogP contribution in [0.1, 0.15) is 143 Å². The number of carbonyl (C=O) groups excluding carboxylic acids is 15. The zero-order valence-corrected chi connectivity index (χ0v) is 71.3. The number of likely N-dealkylation sites (tertiary alicyclic amines) is 1. The molecule has 1 fully saturated rings. The van der Waals surface area contributed by atoms with E-state index in [1.165, 1.54) is 20.0 Å². The van der Waals surface area contributed by atoms with E-state index >= 15 is 0 Å². The maximum absolute atomic E-state index is 15.0. The second kappa shape index (κ2) is 49.6. The number of carboxylic acid groups (broad SMARTS) is 2. The lowest BCUT2D eigenvalue weighted by Crippen LogP contribution is -2.63. The summed E-state index contributed by atoms with van der Waals surface area (Å²) in [6.45, 7) is 14.4. The molecule has 41 heteroatoms.